The second-order valence-corrected chi connectivity index (χ2v) is 8.22. The summed E-state index contributed by atoms with van der Waals surface area (Å²) in [6, 6.07) is 15.2. The number of carbonyl (C=O) groups excluding carboxylic acids is 1. The molecule has 1 aliphatic carbocycles. The summed E-state index contributed by atoms with van der Waals surface area (Å²) in [5.74, 6) is -0.187. The van der Waals surface area contributed by atoms with Crippen LogP contribution in [0.3, 0.4) is 0 Å². The molecule has 0 bridgehead atoms. The molecule has 0 saturated carbocycles. The van der Waals surface area contributed by atoms with E-state index in [0.29, 0.717) is 5.57 Å². The molecule has 1 saturated heterocycles. The third kappa shape index (κ3) is 11.0. The third-order valence-corrected chi connectivity index (χ3v) is 5.64. The molecular weight excluding hydrogens is 467 g/mol. The molecule has 4 rings (SSSR count). The number of nitrogens with zero attached hydrogens (tertiary/aromatic N) is 2. The predicted octanol–water partition coefficient (Wildman–Crippen LogP) is 4.79. The van der Waals surface area contributed by atoms with Crippen molar-refractivity contribution in [3.05, 3.63) is 95.9 Å². The van der Waals surface area contributed by atoms with Crippen molar-refractivity contribution >= 4 is 17.3 Å². The minimum absolute atomic E-state index is 0.00464. The van der Waals surface area contributed by atoms with E-state index in [2.05, 4.69) is 46.5 Å². The molecule has 1 atom stereocenters. The van der Waals surface area contributed by atoms with Gasteiger partial charge in [0.2, 0.25) is 0 Å². The largest absolute Gasteiger partial charge is 0.400 e. The highest BCUT2D eigenvalue weighted by atomic mass is 19.1. The predicted molar refractivity (Wildman–Crippen MR) is 155 cm³/mol. The molecule has 0 aromatic heterocycles. The lowest BCUT2D eigenvalue weighted by atomic mass is 10.1. The first-order chi connectivity index (χ1) is 18.0. The molecule has 202 valence electrons. The van der Waals surface area contributed by atoms with Gasteiger partial charge in [-0.2, -0.15) is 0 Å². The maximum atomic E-state index is 13.4. The van der Waals surface area contributed by atoms with E-state index >= 15 is 0 Å². The number of rotatable bonds is 4. The lowest BCUT2D eigenvalue weighted by Gasteiger charge is -2.34. The topological polar surface area (TPSA) is 67.8 Å². The second kappa shape index (κ2) is 17.9. The summed E-state index contributed by atoms with van der Waals surface area (Å²) in [6.45, 7) is 9.90. The fourth-order valence-electron chi connectivity index (χ4n) is 3.63. The number of nitrogens with one attached hydrogen (secondary N) is 2. The Bertz CT molecular complexity index is 1010. The van der Waals surface area contributed by atoms with E-state index in [1.807, 2.05) is 68.5 Å². The van der Waals surface area contributed by atoms with Crippen molar-refractivity contribution < 1.29 is 14.3 Å². The number of carbonyl (C=O) groups is 1. The summed E-state index contributed by atoms with van der Waals surface area (Å²) in [5.41, 5.74) is 3.66. The number of hydrogen-bond acceptors (Lipinski definition) is 5. The summed E-state index contributed by atoms with van der Waals surface area (Å²) in [5, 5.41) is 13.0. The van der Waals surface area contributed by atoms with Crippen molar-refractivity contribution in [2.24, 2.45) is 0 Å². The van der Waals surface area contributed by atoms with Crippen LogP contribution >= 0.6 is 0 Å². The number of piperazine rings is 1. The van der Waals surface area contributed by atoms with Crippen LogP contribution in [-0.2, 0) is 4.79 Å². The maximum Gasteiger partial charge on any atom is 0.250 e. The number of aliphatic hydroxyl groups excluding tert-OH is 1. The number of anilines is 2. The Balaban J connectivity index is 0.000000337. The van der Waals surface area contributed by atoms with E-state index in [4.69, 9.17) is 5.11 Å². The Labute approximate surface area is 222 Å². The van der Waals surface area contributed by atoms with Crippen LogP contribution in [0.1, 0.15) is 19.4 Å². The van der Waals surface area contributed by atoms with E-state index < -0.39 is 0 Å². The molecule has 1 fully saturated rings. The van der Waals surface area contributed by atoms with E-state index in [0.717, 1.165) is 44.7 Å². The minimum Gasteiger partial charge on any atom is -0.400 e. The van der Waals surface area contributed by atoms with Crippen LogP contribution in [0.15, 0.2) is 84.5 Å². The Kier molecular flexibility index (Phi) is 15.3. The van der Waals surface area contributed by atoms with Crippen LogP contribution in [0, 0.1) is 12.7 Å². The first-order valence-corrected chi connectivity index (χ1v) is 12.7. The van der Waals surface area contributed by atoms with Crippen LogP contribution in [0.25, 0.3) is 0 Å². The summed E-state index contributed by atoms with van der Waals surface area (Å²) in [7, 11) is 4.73. The van der Waals surface area contributed by atoms with Gasteiger partial charge in [-0.25, -0.2) is 4.39 Å². The van der Waals surface area contributed by atoms with Gasteiger partial charge in [0.05, 0.1) is 11.7 Å². The zero-order chi connectivity index (χ0) is 27.6. The molecule has 37 heavy (non-hydrogen) atoms. The van der Waals surface area contributed by atoms with Crippen LogP contribution < -0.4 is 15.5 Å². The number of aryl methyl sites for hydroxylation is 1. The second-order valence-electron chi connectivity index (χ2n) is 8.22. The van der Waals surface area contributed by atoms with Gasteiger partial charge in [0.1, 0.15) is 5.82 Å². The lowest BCUT2D eigenvalue weighted by Crippen LogP contribution is -2.44. The fourth-order valence-corrected chi connectivity index (χ4v) is 3.63. The molecule has 1 amide bonds. The molecule has 1 heterocycles. The molecule has 0 spiro atoms. The van der Waals surface area contributed by atoms with Crippen LogP contribution in [0.5, 0.6) is 0 Å². The summed E-state index contributed by atoms with van der Waals surface area (Å²) < 4.78 is 13.4. The first kappa shape index (κ1) is 31.6. The molecule has 2 aromatic carbocycles. The van der Waals surface area contributed by atoms with Gasteiger partial charge in [0, 0.05) is 51.6 Å². The van der Waals surface area contributed by atoms with Crippen molar-refractivity contribution in [1.29, 1.82) is 0 Å². The first-order valence-electron chi connectivity index (χ1n) is 12.7. The number of benzene rings is 2. The van der Waals surface area contributed by atoms with E-state index in [-0.39, 0.29) is 17.8 Å². The van der Waals surface area contributed by atoms with Gasteiger partial charge in [-0.15, -0.1) is 0 Å². The summed E-state index contributed by atoms with van der Waals surface area (Å²) in [6.07, 6.45) is 9.56. The van der Waals surface area contributed by atoms with Gasteiger partial charge in [-0.05, 0) is 50.4 Å². The number of aliphatic hydroxyl groups is 1. The highest BCUT2D eigenvalue weighted by Gasteiger charge is 2.16. The normalized spacial score (nSPS) is 16.4. The zero-order valence-electron chi connectivity index (χ0n) is 23.0. The monoisotopic (exact) mass is 510 g/mol. The van der Waals surface area contributed by atoms with Gasteiger partial charge >= 0.3 is 0 Å². The SMILES string of the molecule is CC.CN1CCN(c2ccccc2F)CC1.CNC(=O)C1=CC(Nc2ccc(C)cc2)C=CC=C1.CO. The quantitative estimate of drug-likeness (QED) is 0.552. The van der Waals surface area contributed by atoms with Crippen molar-refractivity contribution in [2.75, 3.05) is 57.6 Å². The average molecular weight is 511 g/mol. The van der Waals surface area contributed by atoms with Gasteiger partial charge in [0.25, 0.3) is 5.91 Å². The van der Waals surface area contributed by atoms with Crippen molar-refractivity contribution in [3.63, 3.8) is 0 Å². The molecule has 2 aromatic rings. The van der Waals surface area contributed by atoms with Crippen LogP contribution in [0.4, 0.5) is 15.8 Å². The molecule has 2 aliphatic rings. The van der Waals surface area contributed by atoms with E-state index in [1.165, 1.54) is 11.6 Å². The number of hydrogen-bond donors (Lipinski definition) is 3. The number of amides is 1. The van der Waals surface area contributed by atoms with Gasteiger partial charge < -0.3 is 25.5 Å². The molecule has 7 heteroatoms. The fraction of sp³-hybridized carbons (Fsp3) is 0.367. The smallest absolute Gasteiger partial charge is 0.250 e. The summed E-state index contributed by atoms with van der Waals surface area (Å²) in [4.78, 5) is 16.0. The summed E-state index contributed by atoms with van der Waals surface area (Å²) >= 11 is 0. The number of likely N-dealkylation sites (N-methyl/N-ethyl adjacent to an activating group) is 2. The van der Waals surface area contributed by atoms with Crippen molar-refractivity contribution in [1.82, 2.24) is 10.2 Å². The standard InChI is InChI=1S/C16H18N2O.C11H15FN2.C2H6.CH4O/c1-12-7-9-14(10-8-12)18-15-6-4-3-5-13(11-15)16(19)17-2;1-13-6-8-14(9-7-13)11-5-3-2-4-10(11)12;2*1-2/h3-11,15,18H,1-2H3,(H,17,19);2-5H,6-9H2,1H3;1-2H3;2H,1H3. The molecule has 1 unspecified atom stereocenters. The average Bonchev–Trinajstić information content (AvgIpc) is 3.19. The van der Waals surface area contributed by atoms with E-state index in [9.17, 15) is 9.18 Å². The van der Waals surface area contributed by atoms with Gasteiger partial charge in [0.15, 0.2) is 0 Å². The zero-order valence-corrected chi connectivity index (χ0v) is 23.0. The molecule has 1 aliphatic heterocycles. The third-order valence-electron chi connectivity index (χ3n) is 5.64. The van der Waals surface area contributed by atoms with Crippen molar-refractivity contribution in [2.45, 2.75) is 26.8 Å². The Morgan fingerprint density at radius 2 is 1.59 bits per heavy atom. The minimum atomic E-state index is -0.114. The van der Waals surface area contributed by atoms with Crippen LogP contribution in [-0.4, -0.2) is 69.3 Å². The Hall–Kier alpha value is -3.42. The van der Waals surface area contributed by atoms with E-state index in [1.54, 1.807) is 13.1 Å². The highest BCUT2D eigenvalue weighted by molar-refractivity contribution is 5.96. The molecule has 6 nitrogen and oxygen atoms in total. The lowest BCUT2D eigenvalue weighted by molar-refractivity contribution is -0.116. The van der Waals surface area contributed by atoms with Gasteiger partial charge in [-0.1, -0.05) is 61.9 Å². The highest BCUT2D eigenvalue weighted by Crippen LogP contribution is 2.19. The van der Waals surface area contributed by atoms with Crippen LogP contribution in [0.2, 0.25) is 0 Å². The molecule has 0 radical (unpaired) electrons. The molecular formula is C30H43FN4O2. The Morgan fingerprint density at radius 1 is 0.973 bits per heavy atom. The molecule has 3 N–H and O–H groups in total. The number of halogens is 1. The Morgan fingerprint density at radius 3 is 2.19 bits per heavy atom. The number of allylic oxidation sites excluding steroid dienone is 2. The maximum absolute atomic E-state index is 13.4. The number of para-hydroxylation sites is 1. The van der Waals surface area contributed by atoms with Crippen molar-refractivity contribution in [3.8, 4) is 0 Å². The van der Waals surface area contributed by atoms with Gasteiger partial charge in [-0.3, -0.25) is 4.79 Å².